The highest BCUT2D eigenvalue weighted by molar-refractivity contribution is 7.18. The molecule has 3 aromatic rings. The van der Waals surface area contributed by atoms with E-state index in [-0.39, 0.29) is 18.1 Å². The van der Waals surface area contributed by atoms with Crippen molar-refractivity contribution in [1.82, 2.24) is 5.32 Å². The maximum atomic E-state index is 12.6. The minimum Gasteiger partial charge on any atom is -0.456 e. The number of hydrogen-bond acceptors (Lipinski definition) is 5. The third kappa shape index (κ3) is 6.01. The average molecular weight is 428 g/mol. The summed E-state index contributed by atoms with van der Waals surface area (Å²) in [4.78, 5) is 37.7. The van der Waals surface area contributed by atoms with Crippen molar-refractivity contribution in [2.75, 3.05) is 6.61 Å². The van der Waals surface area contributed by atoms with E-state index in [2.05, 4.69) is 5.32 Å². The van der Waals surface area contributed by atoms with Gasteiger partial charge in [0, 0.05) is 12.0 Å². The Labute approximate surface area is 177 Å². The molecule has 1 unspecified atom stereocenters. The quantitative estimate of drug-likeness (QED) is 0.432. The molecule has 0 saturated carbocycles. The molecule has 0 radical (unpaired) electrons. The molecule has 5 nitrogen and oxygen atoms in total. The molecule has 0 saturated heterocycles. The van der Waals surface area contributed by atoms with Crippen molar-refractivity contribution in [2.45, 2.75) is 12.5 Å². The average Bonchev–Trinajstić information content (AvgIpc) is 3.19. The Balaban J connectivity index is 1.68. The molecule has 1 atom stereocenters. The van der Waals surface area contributed by atoms with Crippen molar-refractivity contribution in [3.8, 4) is 0 Å². The van der Waals surface area contributed by atoms with Crippen LogP contribution in [0.4, 0.5) is 0 Å². The fraction of sp³-hybridized carbons (Fsp3) is 0.136. The van der Waals surface area contributed by atoms with Crippen LogP contribution < -0.4 is 5.32 Å². The maximum Gasteiger partial charge on any atom is 0.329 e. The van der Waals surface area contributed by atoms with Crippen LogP contribution >= 0.6 is 22.9 Å². The first kappa shape index (κ1) is 20.8. The highest BCUT2D eigenvalue weighted by atomic mass is 35.5. The van der Waals surface area contributed by atoms with Crippen molar-refractivity contribution < 1.29 is 19.1 Å². The molecule has 1 amide bonds. The molecule has 0 aliphatic heterocycles. The first-order valence-electron chi connectivity index (χ1n) is 8.88. The summed E-state index contributed by atoms with van der Waals surface area (Å²) in [5.41, 5.74) is 1.29. The molecule has 148 valence electrons. The van der Waals surface area contributed by atoms with Crippen LogP contribution in [-0.4, -0.2) is 30.3 Å². The number of nitrogens with one attached hydrogen (secondary N) is 1. The molecule has 2 aromatic carbocycles. The standard InChI is InChI=1S/C22H18ClNO4S/c23-20-12-11-19(29-20)18(25)14-28-22(27)17(13-15-7-3-1-4-8-15)24-21(26)16-9-5-2-6-10-16/h1-12,17H,13-14H2,(H,24,26). The van der Waals surface area contributed by atoms with Gasteiger partial charge in [0.1, 0.15) is 6.04 Å². The van der Waals surface area contributed by atoms with Crippen molar-refractivity contribution in [3.05, 3.63) is 93.1 Å². The molecule has 0 bridgehead atoms. The second-order valence-electron chi connectivity index (χ2n) is 6.22. The fourth-order valence-corrected chi connectivity index (χ4v) is 3.61. The van der Waals surface area contributed by atoms with Crippen molar-refractivity contribution in [3.63, 3.8) is 0 Å². The third-order valence-corrected chi connectivity index (χ3v) is 5.37. The van der Waals surface area contributed by atoms with E-state index in [0.29, 0.717) is 14.8 Å². The summed E-state index contributed by atoms with van der Waals surface area (Å²) in [7, 11) is 0. The zero-order valence-corrected chi connectivity index (χ0v) is 16.9. The number of hydrogen-bond donors (Lipinski definition) is 1. The number of thiophene rings is 1. The highest BCUT2D eigenvalue weighted by Gasteiger charge is 2.24. The zero-order chi connectivity index (χ0) is 20.6. The van der Waals surface area contributed by atoms with Gasteiger partial charge in [-0.3, -0.25) is 9.59 Å². The number of rotatable bonds is 8. The van der Waals surface area contributed by atoms with Crippen molar-refractivity contribution in [2.24, 2.45) is 0 Å². The molecule has 1 heterocycles. The fourth-order valence-electron chi connectivity index (χ4n) is 2.65. The first-order valence-corrected chi connectivity index (χ1v) is 10.1. The number of amides is 1. The van der Waals surface area contributed by atoms with Crippen molar-refractivity contribution >= 4 is 40.6 Å². The second kappa shape index (κ2) is 10.0. The van der Waals surface area contributed by atoms with Gasteiger partial charge in [0.2, 0.25) is 5.78 Å². The van der Waals surface area contributed by atoms with E-state index < -0.39 is 18.6 Å². The molecule has 0 aliphatic rings. The van der Waals surface area contributed by atoms with Gasteiger partial charge in [-0.15, -0.1) is 11.3 Å². The highest BCUT2D eigenvalue weighted by Crippen LogP contribution is 2.21. The number of carbonyl (C=O) groups excluding carboxylic acids is 3. The monoisotopic (exact) mass is 427 g/mol. The van der Waals surface area contributed by atoms with Gasteiger partial charge in [-0.05, 0) is 29.8 Å². The maximum absolute atomic E-state index is 12.6. The van der Waals surface area contributed by atoms with Crippen molar-refractivity contribution in [1.29, 1.82) is 0 Å². The Bertz CT molecular complexity index is 988. The summed E-state index contributed by atoms with van der Waals surface area (Å²) in [6.45, 7) is -0.415. The van der Waals surface area contributed by atoms with Gasteiger partial charge in [0.05, 0.1) is 9.21 Å². The summed E-state index contributed by atoms with van der Waals surface area (Å²) >= 11 is 6.96. The predicted octanol–water partition coefficient (Wildman–Crippen LogP) is 4.17. The van der Waals surface area contributed by atoms with Crippen LogP contribution in [0.2, 0.25) is 4.34 Å². The van der Waals surface area contributed by atoms with Crippen LogP contribution in [0.15, 0.2) is 72.8 Å². The SMILES string of the molecule is O=C(NC(Cc1ccccc1)C(=O)OCC(=O)c1ccc(Cl)s1)c1ccccc1. The van der Waals surface area contributed by atoms with E-state index in [9.17, 15) is 14.4 Å². The van der Waals surface area contributed by atoms with E-state index in [0.717, 1.165) is 16.9 Å². The Hall–Kier alpha value is -2.96. The second-order valence-corrected chi connectivity index (χ2v) is 7.93. The molecule has 1 aromatic heterocycles. The number of ketones is 1. The van der Waals surface area contributed by atoms with E-state index in [1.807, 2.05) is 30.3 Å². The van der Waals surface area contributed by atoms with Gasteiger partial charge >= 0.3 is 5.97 Å². The van der Waals surface area contributed by atoms with E-state index in [1.165, 1.54) is 0 Å². The lowest BCUT2D eigenvalue weighted by molar-refractivity contribution is -0.144. The lowest BCUT2D eigenvalue weighted by Gasteiger charge is -2.18. The number of benzene rings is 2. The molecule has 1 N–H and O–H groups in total. The number of esters is 1. The topological polar surface area (TPSA) is 72.5 Å². The summed E-state index contributed by atoms with van der Waals surface area (Å²) in [5.74, 6) is -1.41. The molecule has 3 rings (SSSR count). The number of halogens is 1. The van der Waals surface area contributed by atoms with E-state index in [4.69, 9.17) is 16.3 Å². The van der Waals surface area contributed by atoms with Crippen LogP contribution in [-0.2, 0) is 16.0 Å². The van der Waals surface area contributed by atoms with Crippen LogP contribution in [0, 0.1) is 0 Å². The normalized spacial score (nSPS) is 11.5. The predicted molar refractivity (Wildman–Crippen MR) is 112 cm³/mol. The van der Waals surface area contributed by atoms with Crippen LogP contribution in [0.5, 0.6) is 0 Å². The largest absolute Gasteiger partial charge is 0.456 e. The lowest BCUT2D eigenvalue weighted by Crippen LogP contribution is -2.43. The van der Waals surface area contributed by atoms with Gasteiger partial charge in [-0.2, -0.15) is 0 Å². The summed E-state index contributed by atoms with van der Waals surface area (Å²) in [6.07, 6.45) is 0.247. The van der Waals surface area contributed by atoms with Gasteiger partial charge in [-0.25, -0.2) is 4.79 Å². The van der Waals surface area contributed by atoms with Gasteiger partial charge in [0.25, 0.3) is 5.91 Å². The van der Waals surface area contributed by atoms with Crippen LogP contribution in [0.1, 0.15) is 25.6 Å². The molecule has 0 fully saturated rings. The van der Waals surface area contributed by atoms with Crippen LogP contribution in [0.25, 0.3) is 0 Å². The first-order chi connectivity index (χ1) is 14.0. The number of ether oxygens (including phenoxy) is 1. The van der Waals surface area contributed by atoms with E-state index >= 15 is 0 Å². The minimum atomic E-state index is -0.926. The Morgan fingerprint density at radius 3 is 2.21 bits per heavy atom. The Morgan fingerprint density at radius 1 is 0.931 bits per heavy atom. The molecule has 29 heavy (non-hydrogen) atoms. The molecule has 7 heteroatoms. The molecule has 0 spiro atoms. The van der Waals surface area contributed by atoms with Gasteiger partial charge in [-0.1, -0.05) is 60.1 Å². The van der Waals surface area contributed by atoms with Gasteiger partial charge < -0.3 is 10.1 Å². The molecular formula is C22H18ClNO4S. The zero-order valence-electron chi connectivity index (χ0n) is 15.3. The Kier molecular flexibility index (Phi) is 7.16. The smallest absolute Gasteiger partial charge is 0.329 e. The molecular weight excluding hydrogens is 410 g/mol. The van der Waals surface area contributed by atoms with Crippen LogP contribution in [0.3, 0.4) is 0 Å². The lowest BCUT2D eigenvalue weighted by atomic mass is 10.1. The minimum absolute atomic E-state index is 0.247. The summed E-state index contributed by atoms with van der Waals surface area (Å²) in [6, 6.07) is 20.1. The Morgan fingerprint density at radius 2 is 1.59 bits per heavy atom. The number of Topliss-reactive ketones (excluding diaryl/α,β-unsaturated/α-hetero) is 1. The van der Waals surface area contributed by atoms with Gasteiger partial charge in [0.15, 0.2) is 6.61 Å². The third-order valence-electron chi connectivity index (χ3n) is 4.10. The van der Waals surface area contributed by atoms with E-state index in [1.54, 1.807) is 42.5 Å². The summed E-state index contributed by atoms with van der Waals surface area (Å²) in [5, 5.41) is 2.71. The number of carbonyl (C=O) groups is 3. The molecule has 0 aliphatic carbocycles. The summed E-state index contributed by atoms with van der Waals surface area (Å²) < 4.78 is 5.68.